The van der Waals surface area contributed by atoms with Gasteiger partial charge in [0.25, 0.3) is 0 Å². The Morgan fingerprint density at radius 1 is 1.26 bits per heavy atom. The molecule has 0 radical (unpaired) electrons. The molecule has 19 heavy (non-hydrogen) atoms. The molecule has 2 unspecified atom stereocenters. The number of carbonyl (C=O) groups excluding carboxylic acids is 1. The zero-order valence-electron chi connectivity index (χ0n) is 11.8. The lowest BCUT2D eigenvalue weighted by molar-refractivity contribution is -0.166. The molecule has 0 aromatic heterocycles. The molecule has 0 N–H and O–H groups in total. The van der Waals surface area contributed by atoms with Crippen LogP contribution in [0.25, 0.3) is 0 Å². The number of rotatable bonds is 3. The highest BCUT2D eigenvalue weighted by Crippen LogP contribution is 2.70. The monoisotopic (exact) mass is 260 g/mol. The summed E-state index contributed by atoms with van der Waals surface area (Å²) in [7, 11) is 0. The van der Waals surface area contributed by atoms with Crippen LogP contribution in [-0.2, 0) is 9.53 Å². The Hall–Kier alpha value is -0.790. The van der Waals surface area contributed by atoms with Gasteiger partial charge in [-0.1, -0.05) is 13.5 Å². The molecule has 0 aromatic carbocycles. The van der Waals surface area contributed by atoms with Crippen LogP contribution in [0.3, 0.4) is 0 Å². The molecule has 0 aliphatic heterocycles. The van der Waals surface area contributed by atoms with E-state index in [0.29, 0.717) is 5.92 Å². The van der Waals surface area contributed by atoms with E-state index >= 15 is 0 Å². The van der Waals surface area contributed by atoms with E-state index in [-0.39, 0.29) is 11.6 Å². The van der Waals surface area contributed by atoms with Crippen molar-refractivity contribution >= 4 is 5.97 Å². The molecule has 0 aromatic rings. The lowest BCUT2D eigenvalue weighted by atomic mass is 9.65. The average Bonchev–Trinajstić information content (AvgIpc) is 3.15. The van der Waals surface area contributed by atoms with Gasteiger partial charge in [0.05, 0.1) is 0 Å². The summed E-state index contributed by atoms with van der Waals surface area (Å²) in [5, 5.41) is 0. The SMILES string of the molecule is C=CC(=O)O[C@]1(CC)C[C@@H]2C[C@H]1C1C2[C@@H]2CC[C@H]1C2. The average molecular weight is 260 g/mol. The molecule has 0 spiro atoms. The maximum absolute atomic E-state index is 11.7. The van der Waals surface area contributed by atoms with Crippen molar-refractivity contribution in [1.29, 1.82) is 0 Å². The van der Waals surface area contributed by atoms with Gasteiger partial charge in [-0.2, -0.15) is 0 Å². The van der Waals surface area contributed by atoms with Crippen molar-refractivity contribution in [1.82, 2.24) is 0 Å². The summed E-state index contributed by atoms with van der Waals surface area (Å²) in [5.74, 6) is 5.07. The largest absolute Gasteiger partial charge is 0.456 e. The predicted molar refractivity (Wildman–Crippen MR) is 73.3 cm³/mol. The molecule has 104 valence electrons. The summed E-state index contributed by atoms with van der Waals surface area (Å²) in [5.41, 5.74) is -0.151. The Labute approximate surface area is 115 Å². The van der Waals surface area contributed by atoms with Gasteiger partial charge in [-0.15, -0.1) is 0 Å². The normalized spacial score (nSPS) is 53.3. The third-order valence-electron chi connectivity index (χ3n) is 6.96. The minimum atomic E-state index is -0.214. The van der Waals surface area contributed by atoms with Crippen LogP contribution in [0.2, 0.25) is 0 Å². The first kappa shape index (κ1) is 12.0. The zero-order chi connectivity index (χ0) is 13.2. The van der Waals surface area contributed by atoms with Gasteiger partial charge < -0.3 is 4.74 Å². The molecular formula is C17H24O2. The summed E-state index contributed by atoms with van der Waals surface area (Å²) in [6.07, 6.45) is 9.14. The van der Waals surface area contributed by atoms with E-state index in [2.05, 4.69) is 13.5 Å². The zero-order valence-corrected chi connectivity index (χ0v) is 11.8. The smallest absolute Gasteiger partial charge is 0.330 e. The number of esters is 1. The molecule has 4 aliphatic carbocycles. The van der Waals surface area contributed by atoms with Crippen molar-refractivity contribution in [3.05, 3.63) is 12.7 Å². The Bertz CT molecular complexity index is 429. The third-order valence-corrected chi connectivity index (χ3v) is 6.96. The van der Waals surface area contributed by atoms with Crippen LogP contribution in [0.4, 0.5) is 0 Å². The second-order valence-corrected chi connectivity index (χ2v) is 7.34. The Morgan fingerprint density at radius 3 is 2.68 bits per heavy atom. The van der Waals surface area contributed by atoms with Gasteiger partial charge in [0, 0.05) is 12.0 Å². The van der Waals surface area contributed by atoms with E-state index in [4.69, 9.17) is 4.74 Å². The first-order valence-electron chi connectivity index (χ1n) is 8.04. The first-order chi connectivity index (χ1) is 9.18. The minimum Gasteiger partial charge on any atom is -0.456 e. The summed E-state index contributed by atoms with van der Waals surface area (Å²) in [4.78, 5) is 11.7. The summed E-state index contributed by atoms with van der Waals surface area (Å²) < 4.78 is 5.89. The topological polar surface area (TPSA) is 26.3 Å². The number of ether oxygens (including phenoxy) is 1. The lowest BCUT2D eigenvalue weighted by Gasteiger charge is -2.45. The highest BCUT2D eigenvalue weighted by Gasteiger charge is 2.67. The van der Waals surface area contributed by atoms with E-state index in [1.165, 1.54) is 31.8 Å². The molecule has 0 amide bonds. The van der Waals surface area contributed by atoms with Crippen LogP contribution in [0.1, 0.15) is 45.4 Å². The molecule has 4 aliphatic rings. The molecule has 0 heterocycles. The maximum atomic E-state index is 11.7. The van der Waals surface area contributed by atoms with Crippen molar-refractivity contribution in [2.45, 2.75) is 51.0 Å². The van der Waals surface area contributed by atoms with Crippen LogP contribution in [-0.4, -0.2) is 11.6 Å². The maximum Gasteiger partial charge on any atom is 0.330 e. The fourth-order valence-corrected chi connectivity index (χ4v) is 6.53. The molecular weight excluding hydrogens is 236 g/mol. The van der Waals surface area contributed by atoms with Crippen LogP contribution < -0.4 is 0 Å². The van der Waals surface area contributed by atoms with Crippen molar-refractivity contribution < 1.29 is 9.53 Å². The molecule has 2 heteroatoms. The first-order valence-corrected chi connectivity index (χ1v) is 8.04. The Balaban J connectivity index is 1.64. The van der Waals surface area contributed by atoms with E-state index in [9.17, 15) is 4.79 Å². The van der Waals surface area contributed by atoms with E-state index < -0.39 is 0 Å². The Kier molecular flexibility index (Phi) is 2.44. The lowest BCUT2D eigenvalue weighted by Crippen LogP contribution is -2.47. The molecule has 4 fully saturated rings. The molecule has 7 atom stereocenters. The summed E-state index contributed by atoms with van der Waals surface area (Å²) in [6, 6.07) is 0. The van der Waals surface area contributed by atoms with Gasteiger partial charge in [0.1, 0.15) is 5.60 Å². The highest BCUT2D eigenvalue weighted by atomic mass is 16.6. The van der Waals surface area contributed by atoms with Gasteiger partial charge in [-0.3, -0.25) is 0 Å². The summed E-state index contributed by atoms with van der Waals surface area (Å²) >= 11 is 0. The van der Waals surface area contributed by atoms with Crippen LogP contribution >= 0.6 is 0 Å². The van der Waals surface area contributed by atoms with Gasteiger partial charge in [-0.25, -0.2) is 4.79 Å². The number of hydrogen-bond acceptors (Lipinski definition) is 2. The minimum absolute atomic E-state index is 0.151. The van der Waals surface area contributed by atoms with E-state index in [1.54, 1.807) is 0 Å². The second kappa shape index (κ2) is 3.86. The van der Waals surface area contributed by atoms with Crippen molar-refractivity contribution in [3.63, 3.8) is 0 Å². The van der Waals surface area contributed by atoms with E-state index in [1.807, 2.05) is 0 Å². The van der Waals surface area contributed by atoms with Crippen molar-refractivity contribution in [2.24, 2.45) is 35.5 Å². The fourth-order valence-electron chi connectivity index (χ4n) is 6.53. The van der Waals surface area contributed by atoms with Gasteiger partial charge in [0.15, 0.2) is 0 Å². The van der Waals surface area contributed by atoms with E-state index in [0.717, 1.165) is 42.4 Å². The third kappa shape index (κ3) is 1.41. The number of fused-ring (bicyclic) bond motifs is 9. The van der Waals surface area contributed by atoms with Crippen LogP contribution in [0.5, 0.6) is 0 Å². The standard InChI is InChI=1S/C17H24O2/c1-3-14(18)19-17(4-2)9-12-8-13(17)16-11-6-5-10(7-11)15(12)16/h3,10-13,15-16H,1,4-9H2,2H3/t10-,11+,12+,13+,15?,16?,17-/m1/s1. The highest BCUT2D eigenvalue weighted by molar-refractivity contribution is 5.81. The molecule has 4 bridgehead atoms. The molecule has 0 saturated heterocycles. The van der Waals surface area contributed by atoms with Crippen LogP contribution in [0, 0.1) is 35.5 Å². The number of hydrogen-bond donors (Lipinski definition) is 0. The van der Waals surface area contributed by atoms with Gasteiger partial charge in [0.2, 0.25) is 0 Å². The summed E-state index contributed by atoms with van der Waals surface area (Å²) in [6.45, 7) is 5.75. The Morgan fingerprint density at radius 2 is 2.00 bits per heavy atom. The number of carbonyl (C=O) groups is 1. The van der Waals surface area contributed by atoms with Gasteiger partial charge >= 0.3 is 5.97 Å². The second-order valence-electron chi connectivity index (χ2n) is 7.34. The predicted octanol–water partition coefficient (Wildman–Crippen LogP) is 3.57. The van der Waals surface area contributed by atoms with Gasteiger partial charge in [-0.05, 0) is 68.1 Å². The quantitative estimate of drug-likeness (QED) is 0.440. The van der Waals surface area contributed by atoms with Crippen molar-refractivity contribution in [3.8, 4) is 0 Å². The van der Waals surface area contributed by atoms with Crippen LogP contribution in [0.15, 0.2) is 12.7 Å². The fraction of sp³-hybridized carbons (Fsp3) is 0.824. The molecule has 4 rings (SSSR count). The molecule has 2 nitrogen and oxygen atoms in total. The molecule has 4 saturated carbocycles. The van der Waals surface area contributed by atoms with Crippen molar-refractivity contribution in [2.75, 3.05) is 0 Å².